The van der Waals surface area contributed by atoms with Gasteiger partial charge in [0.05, 0.1) is 11.4 Å². The van der Waals surface area contributed by atoms with E-state index in [1.54, 1.807) is 30.3 Å². The van der Waals surface area contributed by atoms with E-state index in [9.17, 15) is 9.18 Å². The number of carbonyl (C=O) groups is 1. The molecule has 0 aliphatic rings. The summed E-state index contributed by atoms with van der Waals surface area (Å²) < 4.78 is 19.5. The van der Waals surface area contributed by atoms with Gasteiger partial charge in [-0.3, -0.25) is 4.79 Å². The molecule has 2 rings (SSSR count). The lowest BCUT2D eigenvalue weighted by Gasteiger charge is -2.10. The predicted molar refractivity (Wildman–Crippen MR) is 69.3 cm³/mol. The summed E-state index contributed by atoms with van der Waals surface area (Å²) in [6, 6.07) is 11.3. The number of aliphatic carboxylic acids is 1. The number of hydrogen-bond acceptors (Lipinski definition) is 2. The first-order valence-electron chi connectivity index (χ1n) is 5.49. The molecule has 19 heavy (non-hydrogen) atoms. The lowest BCUT2D eigenvalue weighted by molar-refractivity contribution is -0.136. The Bertz CT molecular complexity index is 599. The number of para-hydroxylation sites is 1. The minimum atomic E-state index is -1.12. The highest BCUT2D eigenvalue weighted by Gasteiger charge is 2.16. The Kier molecular flexibility index (Phi) is 4.02. The fourth-order valence-electron chi connectivity index (χ4n) is 1.57. The van der Waals surface area contributed by atoms with Crippen molar-refractivity contribution >= 4 is 17.6 Å². The Hall–Kier alpha value is -2.07. The number of hydrogen-bond donors (Lipinski definition) is 1. The molecule has 0 bridgehead atoms. The van der Waals surface area contributed by atoms with Gasteiger partial charge in [-0.2, -0.15) is 0 Å². The molecule has 2 aromatic rings. The van der Waals surface area contributed by atoms with Gasteiger partial charge in [-0.15, -0.1) is 0 Å². The van der Waals surface area contributed by atoms with E-state index in [-0.39, 0.29) is 16.3 Å². The van der Waals surface area contributed by atoms with Crippen LogP contribution in [0.3, 0.4) is 0 Å². The van der Waals surface area contributed by atoms with Crippen LogP contribution in [-0.2, 0) is 11.2 Å². The first-order chi connectivity index (χ1) is 9.08. The Morgan fingerprint density at radius 3 is 2.53 bits per heavy atom. The summed E-state index contributed by atoms with van der Waals surface area (Å²) in [7, 11) is 0. The SMILES string of the molecule is O=C(O)Cc1ccc(Cl)c(Oc2ccccc2)c1F. The van der Waals surface area contributed by atoms with Gasteiger partial charge < -0.3 is 9.84 Å². The number of ether oxygens (including phenoxy) is 1. The molecule has 0 aliphatic carbocycles. The van der Waals surface area contributed by atoms with Gasteiger partial charge in [0.15, 0.2) is 11.6 Å². The second kappa shape index (κ2) is 5.71. The van der Waals surface area contributed by atoms with E-state index in [1.807, 2.05) is 0 Å². The molecule has 0 saturated carbocycles. The quantitative estimate of drug-likeness (QED) is 0.924. The fourth-order valence-corrected chi connectivity index (χ4v) is 1.76. The Morgan fingerprint density at radius 2 is 1.89 bits per heavy atom. The molecule has 0 amide bonds. The maximum absolute atomic E-state index is 14.1. The largest absolute Gasteiger partial charge is 0.481 e. The molecule has 0 fully saturated rings. The van der Waals surface area contributed by atoms with Crippen molar-refractivity contribution in [1.82, 2.24) is 0 Å². The van der Waals surface area contributed by atoms with Crippen LogP contribution in [0.15, 0.2) is 42.5 Å². The minimum absolute atomic E-state index is 0.0304. The smallest absolute Gasteiger partial charge is 0.307 e. The first-order valence-corrected chi connectivity index (χ1v) is 5.87. The highest BCUT2D eigenvalue weighted by atomic mass is 35.5. The average Bonchev–Trinajstić information content (AvgIpc) is 2.39. The fraction of sp³-hybridized carbons (Fsp3) is 0.0714. The highest BCUT2D eigenvalue weighted by molar-refractivity contribution is 6.32. The zero-order valence-electron chi connectivity index (χ0n) is 9.77. The molecule has 0 spiro atoms. The Labute approximate surface area is 114 Å². The molecule has 5 heteroatoms. The summed E-state index contributed by atoms with van der Waals surface area (Å²) in [4.78, 5) is 10.6. The molecule has 1 N–H and O–H groups in total. The molecule has 0 unspecified atom stereocenters. The van der Waals surface area contributed by atoms with Crippen LogP contribution in [0.1, 0.15) is 5.56 Å². The normalized spacial score (nSPS) is 10.2. The summed E-state index contributed by atoms with van der Waals surface area (Å²) in [5.74, 6) is -1.60. The second-order valence-electron chi connectivity index (χ2n) is 3.84. The van der Waals surface area contributed by atoms with E-state index < -0.39 is 18.2 Å². The number of halogens is 2. The van der Waals surface area contributed by atoms with E-state index in [0.29, 0.717) is 5.75 Å². The molecule has 0 heterocycles. The van der Waals surface area contributed by atoms with Crippen LogP contribution < -0.4 is 4.74 Å². The monoisotopic (exact) mass is 280 g/mol. The molecular formula is C14H10ClFO3. The summed E-state index contributed by atoms with van der Waals surface area (Å²) >= 11 is 5.88. The number of carboxylic acid groups (broad SMARTS) is 1. The van der Waals surface area contributed by atoms with E-state index >= 15 is 0 Å². The average molecular weight is 281 g/mol. The van der Waals surface area contributed by atoms with E-state index in [4.69, 9.17) is 21.4 Å². The topological polar surface area (TPSA) is 46.5 Å². The maximum Gasteiger partial charge on any atom is 0.307 e. The molecule has 98 valence electrons. The van der Waals surface area contributed by atoms with Crippen molar-refractivity contribution in [2.45, 2.75) is 6.42 Å². The lowest BCUT2D eigenvalue weighted by atomic mass is 10.1. The van der Waals surface area contributed by atoms with Crippen molar-refractivity contribution < 1.29 is 19.0 Å². The molecule has 0 aliphatic heterocycles. The van der Waals surface area contributed by atoms with Crippen molar-refractivity contribution in [2.24, 2.45) is 0 Å². The third-order valence-corrected chi connectivity index (χ3v) is 2.73. The maximum atomic E-state index is 14.1. The first kappa shape index (κ1) is 13.4. The van der Waals surface area contributed by atoms with Crippen LogP contribution in [0.25, 0.3) is 0 Å². The van der Waals surface area contributed by atoms with Gasteiger partial charge in [0.25, 0.3) is 0 Å². The summed E-state index contributed by atoms with van der Waals surface area (Å²) in [6.07, 6.45) is -0.422. The van der Waals surface area contributed by atoms with Crippen LogP contribution in [0.2, 0.25) is 5.02 Å². The van der Waals surface area contributed by atoms with Crippen molar-refractivity contribution in [3.63, 3.8) is 0 Å². The van der Waals surface area contributed by atoms with Crippen molar-refractivity contribution in [3.8, 4) is 11.5 Å². The second-order valence-corrected chi connectivity index (χ2v) is 4.24. The Balaban J connectivity index is 2.36. The van der Waals surface area contributed by atoms with Crippen LogP contribution in [0.4, 0.5) is 4.39 Å². The molecular weight excluding hydrogens is 271 g/mol. The number of carboxylic acids is 1. The van der Waals surface area contributed by atoms with E-state index in [2.05, 4.69) is 0 Å². The lowest BCUT2D eigenvalue weighted by Crippen LogP contribution is -2.03. The van der Waals surface area contributed by atoms with Gasteiger partial charge in [0.1, 0.15) is 5.75 Å². The zero-order valence-corrected chi connectivity index (χ0v) is 10.5. The van der Waals surface area contributed by atoms with Gasteiger partial charge in [-0.25, -0.2) is 4.39 Å². The van der Waals surface area contributed by atoms with Gasteiger partial charge in [-0.05, 0) is 18.2 Å². The number of benzene rings is 2. The van der Waals surface area contributed by atoms with Crippen molar-refractivity contribution in [1.29, 1.82) is 0 Å². The van der Waals surface area contributed by atoms with E-state index in [0.717, 1.165) is 0 Å². The summed E-state index contributed by atoms with van der Waals surface area (Å²) in [5.41, 5.74) is 0.0304. The van der Waals surface area contributed by atoms with Gasteiger partial charge >= 0.3 is 5.97 Å². The van der Waals surface area contributed by atoms with Gasteiger partial charge in [-0.1, -0.05) is 35.9 Å². The number of rotatable bonds is 4. The van der Waals surface area contributed by atoms with Gasteiger partial charge in [0.2, 0.25) is 0 Å². The predicted octanol–water partition coefficient (Wildman–Crippen LogP) is 3.90. The van der Waals surface area contributed by atoms with E-state index in [1.165, 1.54) is 12.1 Å². The van der Waals surface area contributed by atoms with Crippen LogP contribution in [-0.4, -0.2) is 11.1 Å². The third-order valence-electron chi connectivity index (χ3n) is 2.43. The molecule has 2 aromatic carbocycles. The molecule has 0 atom stereocenters. The van der Waals surface area contributed by atoms with Crippen molar-refractivity contribution in [2.75, 3.05) is 0 Å². The molecule has 3 nitrogen and oxygen atoms in total. The Morgan fingerprint density at radius 1 is 1.21 bits per heavy atom. The third kappa shape index (κ3) is 3.23. The van der Waals surface area contributed by atoms with Crippen LogP contribution >= 0.6 is 11.6 Å². The minimum Gasteiger partial charge on any atom is -0.481 e. The molecule has 0 aromatic heterocycles. The zero-order chi connectivity index (χ0) is 13.8. The standard InChI is InChI=1S/C14H10ClFO3/c15-11-7-6-9(8-12(17)18)13(16)14(11)19-10-4-2-1-3-5-10/h1-7H,8H2,(H,17,18). The van der Waals surface area contributed by atoms with Crippen LogP contribution in [0.5, 0.6) is 11.5 Å². The van der Waals surface area contributed by atoms with Crippen molar-refractivity contribution in [3.05, 3.63) is 58.9 Å². The van der Waals surface area contributed by atoms with Gasteiger partial charge in [0, 0.05) is 5.56 Å². The summed E-state index contributed by atoms with van der Waals surface area (Å²) in [5, 5.41) is 8.79. The van der Waals surface area contributed by atoms with Crippen LogP contribution in [0, 0.1) is 5.82 Å². The summed E-state index contributed by atoms with van der Waals surface area (Å²) in [6.45, 7) is 0. The molecule has 0 saturated heterocycles. The molecule has 0 radical (unpaired) electrons. The highest BCUT2D eigenvalue weighted by Crippen LogP contribution is 2.33.